The molecule has 12 heteroatoms. The number of nitrogens with zero attached hydrogens (tertiary/aromatic N) is 1. The highest BCUT2D eigenvalue weighted by Crippen LogP contribution is 2.31. The van der Waals surface area contributed by atoms with Crippen LogP contribution < -0.4 is 19.5 Å². The number of nitrogens with two attached hydrogens (primary N) is 1. The van der Waals surface area contributed by atoms with Crippen molar-refractivity contribution in [3.63, 3.8) is 0 Å². The predicted octanol–water partition coefficient (Wildman–Crippen LogP) is 0.865. The maximum atomic E-state index is 12.9. The number of imide groups is 1. The zero-order chi connectivity index (χ0) is 22.8. The number of carbonyl (C=O) groups is 2. The van der Waals surface area contributed by atoms with E-state index in [9.17, 15) is 26.4 Å². The van der Waals surface area contributed by atoms with Crippen molar-refractivity contribution in [3.05, 3.63) is 48.0 Å². The van der Waals surface area contributed by atoms with Crippen LogP contribution in [0, 0.1) is 0 Å². The van der Waals surface area contributed by atoms with Crippen molar-refractivity contribution in [2.75, 3.05) is 12.0 Å². The third-order valence-electron chi connectivity index (χ3n) is 4.69. The van der Waals surface area contributed by atoms with Crippen molar-refractivity contribution in [2.24, 2.45) is 5.14 Å². The fourth-order valence-corrected chi connectivity index (χ4v) is 4.83. The molecule has 0 aliphatic carbocycles. The lowest BCUT2D eigenvalue weighted by molar-refractivity contribution is -0.129. The van der Waals surface area contributed by atoms with Gasteiger partial charge in [0.05, 0.1) is 17.7 Å². The van der Waals surface area contributed by atoms with E-state index in [4.69, 9.17) is 9.88 Å². The van der Waals surface area contributed by atoms with Crippen LogP contribution in [0.5, 0.6) is 5.75 Å². The molecule has 1 heterocycles. The van der Waals surface area contributed by atoms with Crippen molar-refractivity contribution < 1.29 is 31.2 Å². The smallest absolute Gasteiger partial charge is 0.244 e. The van der Waals surface area contributed by atoms with Crippen LogP contribution in [0.2, 0.25) is 0 Å². The minimum absolute atomic E-state index is 0.0396. The summed E-state index contributed by atoms with van der Waals surface area (Å²) in [5.74, 6) is -0.752. The number of carbonyl (C=O) groups excluding carboxylic acids is 2. The Morgan fingerprint density at radius 1 is 1.00 bits per heavy atom. The zero-order valence-corrected chi connectivity index (χ0v) is 18.2. The summed E-state index contributed by atoms with van der Waals surface area (Å²) in [5, 5.41) is 5.05. The van der Waals surface area contributed by atoms with Gasteiger partial charge < -0.3 is 4.74 Å². The van der Waals surface area contributed by atoms with Gasteiger partial charge in [-0.1, -0.05) is 12.1 Å². The number of primary sulfonamides is 1. The second-order valence-corrected chi connectivity index (χ2v) is 10.1. The van der Waals surface area contributed by atoms with Gasteiger partial charge in [0.2, 0.25) is 31.9 Å². The third-order valence-corrected chi connectivity index (χ3v) is 7.04. The molecule has 1 saturated heterocycles. The summed E-state index contributed by atoms with van der Waals surface area (Å²) in [6.45, 7) is -0.137. The van der Waals surface area contributed by atoms with E-state index in [0.29, 0.717) is 12.0 Å². The van der Waals surface area contributed by atoms with Crippen LogP contribution in [0.1, 0.15) is 24.8 Å². The minimum Gasteiger partial charge on any atom is -0.495 e. The van der Waals surface area contributed by atoms with Gasteiger partial charge in [-0.3, -0.25) is 14.5 Å². The number of rotatable bonds is 7. The van der Waals surface area contributed by atoms with E-state index in [-0.39, 0.29) is 40.6 Å². The summed E-state index contributed by atoms with van der Waals surface area (Å²) in [6, 6.07) is 9.45. The van der Waals surface area contributed by atoms with Crippen molar-refractivity contribution in [1.82, 2.24) is 4.72 Å². The molecule has 2 aromatic rings. The fraction of sp³-hybridized carbons (Fsp3) is 0.263. The van der Waals surface area contributed by atoms with Crippen LogP contribution in [0.3, 0.4) is 0 Å². The van der Waals surface area contributed by atoms with Gasteiger partial charge in [-0.15, -0.1) is 0 Å². The normalized spacial score (nSPS) is 15.2. The highest BCUT2D eigenvalue weighted by molar-refractivity contribution is 7.89. The molecule has 0 aromatic heterocycles. The predicted molar refractivity (Wildman–Crippen MR) is 111 cm³/mol. The lowest BCUT2D eigenvalue weighted by Gasteiger charge is -2.25. The van der Waals surface area contributed by atoms with Gasteiger partial charge in [-0.2, -0.15) is 0 Å². The second kappa shape index (κ2) is 8.75. The molecule has 0 bridgehead atoms. The number of nitrogens with one attached hydrogen (secondary N) is 1. The molecule has 2 amide bonds. The van der Waals surface area contributed by atoms with Gasteiger partial charge in [-0.05, 0) is 42.3 Å². The molecule has 0 radical (unpaired) electrons. The summed E-state index contributed by atoms with van der Waals surface area (Å²) in [5.41, 5.74) is 0.640. The van der Waals surface area contributed by atoms with Crippen molar-refractivity contribution in [1.29, 1.82) is 0 Å². The van der Waals surface area contributed by atoms with E-state index in [0.717, 1.165) is 4.90 Å². The van der Waals surface area contributed by atoms with E-state index in [1.807, 2.05) is 0 Å². The maximum absolute atomic E-state index is 12.9. The van der Waals surface area contributed by atoms with Crippen LogP contribution in [0.25, 0.3) is 0 Å². The van der Waals surface area contributed by atoms with Crippen molar-refractivity contribution >= 4 is 37.5 Å². The topological polar surface area (TPSA) is 153 Å². The first-order chi connectivity index (χ1) is 14.5. The van der Waals surface area contributed by atoms with Crippen LogP contribution in [0.4, 0.5) is 5.69 Å². The Morgan fingerprint density at radius 2 is 1.61 bits per heavy atom. The van der Waals surface area contributed by atoms with Crippen molar-refractivity contribution in [3.8, 4) is 5.75 Å². The third kappa shape index (κ3) is 5.10. The molecule has 166 valence electrons. The SMILES string of the molecule is COc1ccc(N2C(=O)CCCC2=O)cc1S(=O)(=O)NCc1ccc(S(N)(=O)=O)cc1. The van der Waals surface area contributed by atoms with E-state index < -0.39 is 31.9 Å². The molecular formula is C19H21N3O7S2. The first-order valence-electron chi connectivity index (χ1n) is 9.18. The summed E-state index contributed by atoms with van der Waals surface area (Å²) >= 11 is 0. The largest absolute Gasteiger partial charge is 0.495 e. The standard InChI is InChI=1S/C19H21N3O7S2/c1-29-16-10-7-14(22-18(23)3-2-4-19(22)24)11-17(16)31(27,28)21-12-13-5-8-15(9-6-13)30(20,25)26/h5-11,21H,2-4,12H2,1H3,(H2,20,25,26). The molecule has 31 heavy (non-hydrogen) atoms. The molecule has 1 aliphatic rings. The van der Waals surface area contributed by atoms with E-state index in [1.54, 1.807) is 0 Å². The molecule has 0 unspecified atom stereocenters. The van der Waals surface area contributed by atoms with Crippen molar-refractivity contribution in [2.45, 2.75) is 35.6 Å². The quantitative estimate of drug-likeness (QED) is 0.573. The van der Waals surface area contributed by atoms with Gasteiger partial charge in [0.25, 0.3) is 0 Å². The number of ether oxygens (including phenoxy) is 1. The number of anilines is 1. The van der Waals surface area contributed by atoms with Gasteiger partial charge in [-0.25, -0.2) is 26.7 Å². The number of hydrogen-bond donors (Lipinski definition) is 2. The van der Waals surface area contributed by atoms with Crippen LogP contribution in [0.15, 0.2) is 52.3 Å². The molecule has 10 nitrogen and oxygen atoms in total. The average molecular weight is 468 g/mol. The number of benzene rings is 2. The highest BCUT2D eigenvalue weighted by Gasteiger charge is 2.29. The van der Waals surface area contributed by atoms with E-state index >= 15 is 0 Å². The molecule has 1 aliphatic heterocycles. The summed E-state index contributed by atoms with van der Waals surface area (Å²) in [4.78, 5) is 25.0. The Balaban J connectivity index is 1.87. The number of piperidine rings is 1. The molecule has 2 aromatic carbocycles. The number of amides is 2. The Labute approximate surface area is 180 Å². The first kappa shape index (κ1) is 22.9. The molecule has 1 fully saturated rings. The minimum atomic E-state index is -4.10. The second-order valence-electron chi connectivity index (χ2n) is 6.83. The van der Waals surface area contributed by atoms with E-state index in [1.165, 1.54) is 49.6 Å². The Hall–Kier alpha value is -2.80. The zero-order valence-electron chi connectivity index (χ0n) is 16.6. The molecule has 0 atom stereocenters. The van der Waals surface area contributed by atoms with Gasteiger partial charge in [0, 0.05) is 19.4 Å². The monoisotopic (exact) mass is 467 g/mol. The van der Waals surface area contributed by atoms with Crippen LogP contribution in [-0.2, 0) is 36.2 Å². The summed E-state index contributed by atoms with van der Waals surface area (Å²) in [6.07, 6.45) is 0.862. The summed E-state index contributed by atoms with van der Waals surface area (Å²) in [7, 11) is -6.65. The first-order valence-corrected chi connectivity index (χ1v) is 12.2. The lowest BCUT2D eigenvalue weighted by Crippen LogP contribution is -2.40. The number of hydrogen-bond acceptors (Lipinski definition) is 7. The molecule has 3 rings (SSSR count). The summed E-state index contributed by atoms with van der Waals surface area (Å²) < 4.78 is 56.0. The lowest BCUT2D eigenvalue weighted by atomic mass is 10.1. The van der Waals surface area contributed by atoms with Gasteiger partial charge >= 0.3 is 0 Å². The molecule has 0 saturated carbocycles. The fourth-order valence-electron chi connectivity index (χ4n) is 3.11. The molecule has 3 N–H and O–H groups in total. The van der Waals surface area contributed by atoms with E-state index in [2.05, 4.69) is 4.72 Å². The number of sulfonamides is 2. The van der Waals surface area contributed by atoms with Crippen LogP contribution in [-0.4, -0.2) is 35.8 Å². The van der Waals surface area contributed by atoms with Crippen LogP contribution >= 0.6 is 0 Å². The highest BCUT2D eigenvalue weighted by atomic mass is 32.2. The van der Waals surface area contributed by atoms with Gasteiger partial charge in [0.15, 0.2) is 0 Å². The Bertz CT molecular complexity index is 1210. The van der Waals surface area contributed by atoms with Gasteiger partial charge in [0.1, 0.15) is 10.6 Å². The Morgan fingerprint density at radius 3 is 2.16 bits per heavy atom. The number of methoxy groups -OCH3 is 1. The molecular weight excluding hydrogens is 446 g/mol. The Kier molecular flexibility index (Phi) is 6.46. The average Bonchev–Trinajstić information content (AvgIpc) is 2.72. The maximum Gasteiger partial charge on any atom is 0.244 e. The molecule has 0 spiro atoms.